The molecule has 1 aliphatic rings. The number of piperidine rings is 1. The number of ketones is 1. The molecule has 0 bridgehead atoms. The fourth-order valence-corrected chi connectivity index (χ4v) is 2.77. The number of hydrogen-bond acceptors (Lipinski definition) is 2. The Morgan fingerprint density at radius 1 is 1.12 bits per heavy atom. The number of Topliss-reactive ketones (excluding diaryl/α,β-unsaturated/α-hetero) is 1. The Kier molecular flexibility index (Phi) is 4.97. The summed E-state index contributed by atoms with van der Waals surface area (Å²) >= 11 is 0. The van der Waals surface area contributed by atoms with Gasteiger partial charge < -0.3 is 0 Å². The van der Waals surface area contributed by atoms with Gasteiger partial charge in [-0.3, -0.25) is 9.69 Å². The molecule has 1 aliphatic heterocycles. The van der Waals surface area contributed by atoms with Gasteiger partial charge in [-0.15, -0.1) is 0 Å². The van der Waals surface area contributed by atoms with E-state index in [4.69, 9.17) is 0 Å². The first-order chi connectivity index (χ1) is 7.54. The van der Waals surface area contributed by atoms with Crippen molar-refractivity contribution in [3.05, 3.63) is 0 Å². The smallest absolute Gasteiger partial charge is 0.155 e. The summed E-state index contributed by atoms with van der Waals surface area (Å²) in [7, 11) is 0. The van der Waals surface area contributed by atoms with Crippen molar-refractivity contribution < 1.29 is 4.79 Å². The van der Waals surface area contributed by atoms with Crippen molar-refractivity contribution in [3.8, 4) is 0 Å². The van der Waals surface area contributed by atoms with Gasteiger partial charge in [0, 0.05) is 5.92 Å². The Balaban J connectivity index is 2.70. The SMILES string of the molecule is CCC(CC)C(=O)C(C)(C)N1CCCCC1. The predicted molar refractivity (Wildman–Crippen MR) is 68.6 cm³/mol. The quantitative estimate of drug-likeness (QED) is 0.716. The molecule has 1 heterocycles. The summed E-state index contributed by atoms with van der Waals surface area (Å²) in [5.41, 5.74) is -0.253. The normalized spacial score (nSPS) is 19.1. The number of nitrogens with zero attached hydrogens (tertiary/aromatic N) is 1. The Hall–Kier alpha value is -0.370. The molecule has 0 saturated carbocycles. The van der Waals surface area contributed by atoms with Crippen LogP contribution >= 0.6 is 0 Å². The molecular weight excluding hydrogens is 198 g/mol. The number of hydrogen-bond donors (Lipinski definition) is 0. The lowest BCUT2D eigenvalue weighted by Crippen LogP contribution is -2.54. The second kappa shape index (κ2) is 5.81. The van der Waals surface area contributed by atoms with E-state index in [0.29, 0.717) is 5.78 Å². The summed E-state index contributed by atoms with van der Waals surface area (Å²) in [5.74, 6) is 0.691. The number of likely N-dealkylation sites (tertiary alicyclic amines) is 1. The number of carbonyl (C=O) groups is 1. The van der Waals surface area contributed by atoms with Crippen LogP contribution < -0.4 is 0 Å². The van der Waals surface area contributed by atoms with Gasteiger partial charge in [0.25, 0.3) is 0 Å². The van der Waals surface area contributed by atoms with Crippen LogP contribution in [-0.4, -0.2) is 29.3 Å². The van der Waals surface area contributed by atoms with Gasteiger partial charge in [-0.25, -0.2) is 0 Å². The number of rotatable bonds is 5. The standard InChI is InChI=1S/C14H27NO/c1-5-12(6-2)13(16)14(3,4)15-10-8-7-9-11-15/h12H,5-11H2,1-4H3. The first-order valence-electron chi connectivity index (χ1n) is 6.83. The van der Waals surface area contributed by atoms with Crippen LogP contribution in [0.1, 0.15) is 59.8 Å². The molecule has 0 radical (unpaired) electrons. The van der Waals surface area contributed by atoms with Crippen molar-refractivity contribution >= 4 is 5.78 Å². The first-order valence-corrected chi connectivity index (χ1v) is 6.83. The van der Waals surface area contributed by atoms with Crippen LogP contribution in [0.3, 0.4) is 0 Å². The predicted octanol–water partition coefficient (Wildman–Crippen LogP) is 3.26. The summed E-state index contributed by atoms with van der Waals surface area (Å²) in [4.78, 5) is 14.9. The highest BCUT2D eigenvalue weighted by molar-refractivity contribution is 5.89. The van der Waals surface area contributed by atoms with E-state index < -0.39 is 0 Å². The minimum atomic E-state index is -0.253. The van der Waals surface area contributed by atoms with E-state index in [1.165, 1.54) is 19.3 Å². The molecule has 0 N–H and O–H groups in total. The number of carbonyl (C=O) groups excluding carboxylic acids is 1. The highest BCUT2D eigenvalue weighted by Gasteiger charge is 2.37. The largest absolute Gasteiger partial charge is 0.297 e. The maximum atomic E-state index is 12.5. The lowest BCUT2D eigenvalue weighted by molar-refractivity contribution is -0.134. The van der Waals surface area contributed by atoms with Gasteiger partial charge in [-0.2, -0.15) is 0 Å². The average molecular weight is 225 g/mol. The monoisotopic (exact) mass is 225 g/mol. The zero-order valence-corrected chi connectivity index (χ0v) is 11.4. The van der Waals surface area contributed by atoms with Crippen molar-refractivity contribution in [1.29, 1.82) is 0 Å². The molecule has 1 rings (SSSR count). The van der Waals surface area contributed by atoms with Gasteiger partial charge in [0.05, 0.1) is 5.54 Å². The molecule has 0 atom stereocenters. The van der Waals surface area contributed by atoms with E-state index in [1.807, 2.05) is 0 Å². The molecule has 0 unspecified atom stereocenters. The maximum Gasteiger partial charge on any atom is 0.155 e. The van der Waals surface area contributed by atoms with Gasteiger partial charge in [-0.05, 0) is 52.6 Å². The Morgan fingerprint density at radius 2 is 1.62 bits per heavy atom. The molecule has 1 fully saturated rings. The van der Waals surface area contributed by atoms with Gasteiger partial charge in [0.15, 0.2) is 5.78 Å². The van der Waals surface area contributed by atoms with E-state index in [2.05, 4.69) is 32.6 Å². The highest BCUT2D eigenvalue weighted by Crippen LogP contribution is 2.26. The van der Waals surface area contributed by atoms with Crippen LogP contribution in [0, 0.1) is 5.92 Å². The molecule has 16 heavy (non-hydrogen) atoms. The van der Waals surface area contributed by atoms with Gasteiger partial charge in [-0.1, -0.05) is 20.3 Å². The lowest BCUT2D eigenvalue weighted by Gasteiger charge is -2.41. The topological polar surface area (TPSA) is 20.3 Å². The van der Waals surface area contributed by atoms with Crippen LogP contribution in [0.25, 0.3) is 0 Å². The minimum absolute atomic E-state index is 0.247. The summed E-state index contributed by atoms with van der Waals surface area (Å²) in [6.45, 7) is 10.7. The minimum Gasteiger partial charge on any atom is -0.297 e. The summed E-state index contributed by atoms with van der Waals surface area (Å²) in [6, 6.07) is 0. The van der Waals surface area contributed by atoms with Gasteiger partial charge >= 0.3 is 0 Å². The molecule has 94 valence electrons. The van der Waals surface area contributed by atoms with Crippen LogP contribution in [-0.2, 0) is 4.79 Å². The van der Waals surface area contributed by atoms with E-state index in [9.17, 15) is 4.79 Å². The molecule has 0 aromatic rings. The third-order valence-electron chi connectivity index (χ3n) is 4.11. The molecule has 2 nitrogen and oxygen atoms in total. The second-order valence-corrected chi connectivity index (χ2v) is 5.48. The fourth-order valence-electron chi connectivity index (χ4n) is 2.77. The zero-order chi connectivity index (χ0) is 12.2. The zero-order valence-electron chi connectivity index (χ0n) is 11.4. The maximum absolute atomic E-state index is 12.5. The van der Waals surface area contributed by atoms with E-state index in [1.54, 1.807) is 0 Å². The third-order valence-corrected chi connectivity index (χ3v) is 4.11. The summed E-state index contributed by atoms with van der Waals surface area (Å²) < 4.78 is 0. The molecule has 0 spiro atoms. The molecular formula is C14H27NO. The van der Waals surface area contributed by atoms with Crippen LogP contribution in [0.15, 0.2) is 0 Å². The molecule has 0 aromatic carbocycles. The van der Waals surface area contributed by atoms with Crippen molar-refractivity contribution in [3.63, 3.8) is 0 Å². The van der Waals surface area contributed by atoms with Crippen molar-refractivity contribution in [1.82, 2.24) is 4.90 Å². The van der Waals surface area contributed by atoms with Gasteiger partial charge in [0.1, 0.15) is 0 Å². The molecule has 0 aliphatic carbocycles. The van der Waals surface area contributed by atoms with Crippen molar-refractivity contribution in [2.45, 2.75) is 65.3 Å². The van der Waals surface area contributed by atoms with E-state index in [0.717, 1.165) is 25.9 Å². The highest BCUT2D eigenvalue weighted by atomic mass is 16.1. The van der Waals surface area contributed by atoms with Crippen molar-refractivity contribution in [2.75, 3.05) is 13.1 Å². The van der Waals surface area contributed by atoms with Crippen LogP contribution in [0.2, 0.25) is 0 Å². The average Bonchev–Trinajstić information content (AvgIpc) is 2.31. The van der Waals surface area contributed by atoms with E-state index in [-0.39, 0.29) is 11.5 Å². The lowest BCUT2D eigenvalue weighted by atomic mass is 9.83. The third kappa shape index (κ3) is 2.85. The molecule has 2 heteroatoms. The van der Waals surface area contributed by atoms with Crippen LogP contribution in [0.5, 0.6) is 0 Å². The van der Waals surface area contributed by atoms with Crippen LogP contribution in [0.4, 0.5) is 0 Å². The molecule has 0 aromatic heterocycles. The van der Waals surface area contributed by atoms with Crippen molar-refractivity contribution in [2.24, 2.45) is 5.92 Å². The van der Waals surface area contributed by atoms with E-state index >= 15 is 0 Å². The Labute approximate surface area is 100 Å². The summed E-state index contributed by atoms with van der Waals surface area (Å²) in [5, 5.41) is 0. The second-order valence-electron chi connectivity index (χ2n) is 5.48. The Bertz CT molecular complexity index is 225. The first kappa shape index (κ1) is 13.7. The molecule has 1 saturated heterocycles. The van der Waals surface area contributed by atoms with Gasteiger partial charge in [0.2, 0.25) is 0 Å². The summed E-state index contributed by atoms with van der Waals surface area (Å²) in [6.07, 6.45) is 5.78. The fraction of sp³-hybridized carbons (Fsp3) is 0.929. The Morgan fingerprint density at radius 3 is 2.06 bits per heavy atom. The molecule has 0 amide bonds.